The lowest BCUT2D eigenvalue weighted by Crippen LogP contribution is -2.15. The summed E-state index contributed by atoms with van der Waals surface area (Å²) in [5.74, 6) is -0.557. The van der Waals surface area contributed by atoms with Gasteiger partial charge in [0.2, 0.25) is 0 Å². The highest BCUT2D eigenvalue weighted by atomic mass is 35.5. The fourth-order valence-electron chi connectivity index (χ4n) is 1.86. The van der Waals surface area contributed by atoms with Gasteiger partial charge in [0, 0.05) is 6.20 Å². The monoisotopic (exact) mass is 326 g/mol. The van der Waals surface area contributed by atoms with Crippen molar-refractivity contribution in [1.29, 1.82) is 5.26 Å². The maximum absolute atomic E-state index is 12.1. The quantitative estimate of drug-likeness (QED) is 0.454. The van der Waals surface area contributed by atoms with Crippen LogP contribution >= 0.6 is 11.6 Å². The summed E-state index contributed by atoms with van der Waals surface area (Å²) in [7, 11) is 0. The molecule has 0 radical (unpaired) electrons. The molecule has 23 heavy (non-hydrogen) atoms. The van der Waals surface area contributed by atoms with E-state index in [9.17, 15) is 4.79 Å². The van der Waals surface area contributed by atoms with Gasteiger partial charge in [-0.1, -0.05) is 29.8 Å². The second kappa shape index (κ2) is 7.34. The van der Waals surface area contributed by atoms with E-state index in [1.54, 1.807) is 36.4 Å². The lowest BCUT2D eigenvalue weighted by Gasteiger charge is -2.08. The number of nitriles is 1. The molecule has 0 bridgehead atoms. The van der Waals surface area contributed by atoms with E-state index >= 15 is 0 Å². The Morgan fingerprint density at radius 1 is 1.26 bits per heavy atom. The number of rotatable bonds is 4. The Balaban J connectivity index is 2.14. The zero-order chi connectivity index (χ0) is 16.8. The van der Waals surface area contributed by atoms with E-state index in [2.05, 4.69) is 10.6 Å². The van der Waals surface area contributed by atoms with Gasteiger partial charge in [-0.15, -0.1) is 0 Å². The van der Waals surface area contributed by atoms with Crippen LogP contribution in [-0.4, -0.2) is 5.91 Å². The SMILES string of the molecule is Cc1ccc(N/C=C(/C#N)C(=O)Nc2ccccc2Cl)c(N)c1. The van der Waals surface area contributed by atoms with Crippen LogP contribution in [0.4, 0.5) is 17.1 Å². The molecule has 0 fully saturated rings. The summed E-state index contributed by atoms with van der Waals surface area (Å²) in [6, 6.07) is 14.1. The van der Waals surface area contributed by atoms with Crippen LogP contribution in [0.1, 0.15) is 5.56 Å². The largest absolute Gasteiger partial charge is 0.397 e. The Morgan fingerprint density at radius 2 is 2.00 bits per heavy atom. The fraction of sp³-hybridized carbons (Fsp3) is 0.0588. The number of aryl methyl sites for hydroxylation is 1. The molecule has 2 aromatic carbocycles. The Bertz CT molecular complexity index is 808. The molecule has 0 aliphatic rings. The molecule has 0 saturated heterocycles. The van der Waals surface area contributed by atoms with Gasteiger partial charge in [0.1, 0.15) is 11.6 Å². The first-order valence-corrected chi connectivity index (χ1v) is 7.18. The van der Waals surface area contributed by atoms with Crippen LogP contribution in [0.15, 0.2) is 54.2 Å². The standard InChI is InChI=1S/C17H15ClN4O/c1-11-6-7-16(14(20)8-11)21-10-12(9-19)17(23)22-15-5-3-2-4-13(15)18/h2-8,10,21H,20H2,1H3,(H,22,23)/b12-10-. The van der Waals surface area contributed by atoms with E-state index in [0.29, 0.717) is 22.1 Å². The number of nitrogens with one attached hydrogen (secondary N) is 2. The van der Waals surface area contributed by atoms with Crippen LogP contribution < -0.4 is 16.4 Å². The predicted octanol–water partition coefficient (Wildman–Crippen LogP) is 3.69. The first kappa shape index (κ1) is 16.4. The number of carbonyl (C=O) groups excluding carboxylic acids is 1. The van der Waals surface area contributed by atoms with E-state index in [4.69, 9.17) is 22.6 Å². The molecule has 0 atom stereocenters. The molecule has 116 valence electrons. The van der Waals surface area contributed by atoms with Crippen molar-refractivity contribution in [1.82, 2.24) is 0 Å². The second-order valence-electron chi connectivity index (χ2n) is 4.84. The van der Waals surface area contributed by atoms with E-state index in [0.717, 1.165) is 5.56 Å². The van der Waals surface area contributed by atoms with E-state index in [1.165, 1.54) is 6.20 Å². The lowest BCUT2D eigenvalue weighted by atomic mass is 10.2. The Hall–Kier alpha value is -2.97. The lowest BCUT2D eigenvalue weighted by molar-refractivity contribution is -0.112. The topological polar surface area (TPSA) is 90.9 Å². The molecule has 0 spiro atoms. The van der Waals surface area contributed by atoms with Crippen molar-refractivity contribution in [2.75, 3.05) is 16.4 Å². The molecule has 2 aromatic rings. The van der Waals surface area contributed by atoms with Crippen molar-refractivity contribution in [3.63, 3.8) is 0 Å². The normalized spacial score (nSPS) is 10.7. The Labute approximate surface area is 139 Å². The van der Waals surface area contributed by atoms with E-state index in [-0.39, 0.29) is 5.57 Å². The van der Waals surface area contributed by atoms with Gasteiger partial charge in [-0.05, 0) is 36.8 Å². The molecule has 2 rings (SSSR count). The first-order valence-electron chi connectivity index (χ1n) is 6.80. The van der Waals surface area contributed by atoms with Gasteiger partial charge >= 0.3 is 0 Å². The highest BCUT2D eigenvalue weighted by Gasteiger charge is 2.11. The second-order valence-corrected chi connectivity index (χ2v) is 5.25. The highest BCUT2D eigenvalue weighted by Crippen LogP contribution is 2.22. The molecule has 0 aliphatic heterocycles. The maximum Gasteiger partial charge on any atom is 0.267 e. The highest BCUT2D eigenvalue weighted by molar-refractivity contribution is 6.33. The van der Waals surface area contributed by atoms with Crippen molar-refractivity contribution < 1.29 is 4.79 Å². The zero-order valence-electron chi connectivity index (χ0n) is 12.4. The minimum Gasteiger partial charge on any atom is -0.397 e. The van der Waals surface area contributed by atoms with Crippen LogP contribution in [0, 0.1) is 18.3 Å². The predicted molar refractivity (Wildman–Crippen MR) is 93.0 cm³/mol. The van der Waals surface area contributed by atoms with Gasteiger partial charge in [0.05, 0.1) is 22.1 Å². The Kier molecular flexibility index (Phi) is 5.23. The smallest absolute Gasteiger partial charge is 0.267 e. The van der Waals surface area contributed by atoms with Gasteiger partial charge in [-0.25, -0.2) is 0 Å². The molecule has 6 heteroatoms. The summed E-state index contributed by atoms with van der Waals surface area (Å²) in [5.41, 5.74) is 8.40. The van der Waals surface area contributed by atoms with Gasteiger partial charge in [-0.2, -0.15) is 5.26 Å². The molecule has 4 N–H and O–H groups in total. The number of carbonyl (C=O) groups is 1. The van der Waals surface area contributed by atoms with Crippen molar-refractivity contribution in [3.8, 4) is 6.07 Å². The van der Waals surface area contributed by atoms with Crippen LogP contribution in [0.5, 0.6) is 0 Å². The summed E-state index contributed by atoms with van der Waals surface area (Å²) in [6.07, 6.45) is 1.31. The minimum absolute atomic E-state index is 0.0927. The number of anilines is 3. The third kappa shape index (κ3) is 4.25. The summed E-state index contributed by atoms with van der Waals surface area (Å²) in [4.78, 5) is 12.1. The van der Waals surface area contributed by atoms with Gasteiger partial charge in [0.25, 0.3) is 5.91 Å². The minimum atomic E-state index is -0.557. The molecular weight excluding hydrogens is 312 g/mol. The molecular formula is C17H15ClN4O. The number of amides is 1. The number of nitrogens with two attached hydrogens (primary N) is 1. The Morgan fingerprint density at radius 3 is 2.65 bits per heavy atom. The first-order chi connectivity index (χ1) is 11.0. The number of hydrogen-bond donors (Lipinski definition) is 3. The van der Waals surface area contributed by atoms with Gasteiger partial charge < -0.3 is 16.4 Å². The van der Waals surface area contributed by atoms with Gasteiger partial charge in [0.15, 0.2) is 0 Å². The number of para-hydroxylation sites is 1. The van der Waals surface area contributed by atoms with E-state index < -0.39 is 5.91 Å². The van der Waals surface area contributed by atoms with Crippen molar-refractivity contribution in [3.05, 3.63) is 64.8 Å². The van der Waals surface area contributed by atoms with Crippen LogP contribution in [-0.2, 0) is 4.79 Å². The van der Waals surface area contributed by atoms with Crippen molar-refractivity contribution in [2.45, 2.75) is 6.92 Å². The zero-order valence-corrected chi connectivity index (χ0v) is 13.2. The van der Waals surface area contributed by atoms with Crippen molar-refractivity contribution >= 4 is 34.6 Å². The molecule has 0 saturated carbocycles. The fourth-order valence-corrected chi connectivity index (χ4v) is 2.05. The third-order valence-electron chi connectivity index (χ3n) is 3.07. The molecule has 0 aliphatic carbocycles. The average molecular weight is 327 g/mol. The number of benzene rings is 2. The van der Waals surface area contributed by atoms with Crippen LogP contribution in [0.3, 0.4) is 0 Å². The molecule has 1 amide bonds. The maximum atomic E-state index is 12.1. The average Bonchev–Trinajstić information content (AvgIpc) is 2.52. The molecule has 5 nitrogen and oxygen atoms in total. The van der Waals surface area contributed by atoms with Gasteiger partial charge in [-0.3, -0.25) is 4.79 Å². The summed E-state index contributed by atoms with van der Waals surface area (Å²) < 4.78 is 0. The number of nitrogen functional groups attached to an aromatic ring is 1. The number of hydrogen-bond acceptors (Lipinski definition) is 4. The van der Waals surface area contributed by atoms with Crippen LogP contribution in [0.25, 0.3) is 0 Å². The number of nitrogens with zero attached hydrogens (tertiary/aromatic N) is 1. The van der Waals surface area contributed by atoms with Crippen molar-refractivity contribution in [2.24, 2.45) is 0 Å². The molecule has 0 heterocycles. The van der Waals surface area contributed by atoms with Crippen LogP contribution in [0.2, 0.25) is 5.02 Å². The third-order valence-corrected chi connectivity index (χ3v) is 3.40. The summed E-state index contributed by atoms with van der Waals surface area (Å²) in [5, 5.41) is 15.0. The summed E-state index contributed by atoms with van der Waals surface area (Å²) >= 11 is 5.98. The number of halogens is 1. The summed E-state index contributed by atoms with van der Waals surface area (Å²) in [6.45, 7) is 1.92. The molecule has 0 unspecified atom stereocenters. The van der Waals surface area contributed by atoms with E-state index in [1.807, 2.05) is 19.1 Å². The molecule has 0 aromatic heterocycles.